The maximum atomic E-state index is 6.35. The summed E-state index contributed by atoms with van der Waals surface area (Å²) in [7, 11) is 0. The van der Waals surface area contributed by atoms with E-state index < -0.39 is 6.35 Å². The minimum atomic E-state index is -0.461. The second kappa shape index (κ2) is 5.72. The average molecular weight is 338 g/mol. The summed E-state index contributed by atoms with van der Waals surface area (Å²) in [6.07, 6.45) is 7.09. The molecule has 2 unspecified atom stereocenters. The summed E-state index contributed by atoms with van der Waals surface area (Å²) in [5.74, 6) is 1.41. The smallest absolute Gasteiger partial charge is 0.186 e. The molecule has 0 aliphatic carbocycles. The van der Waals surface area contributed by atoms with E-state index >= 15 is 0 Å². The lowest BCUT2D eigenvalue weighted by Crippen LogP contribution is -2.61. The van der Waals surface area contributed by atoms with Gasteiger partial charge in [0.15, 0.2) is 6.35 Å². The number of rotatable bonds is 2. The molecule has 2 atom stereocenters. The Hall–Kier alpha value is -2.09. The second-order valence-electron chi connectivity index (χ2n) is 7.25. The highest BCUT2D eigenvalue weighted by molar-refractivity contribution is 5.61. The van der Waals surface area contributed by atoms with Crippen molar-refractivity contribution in [1.29, 1.82) is 0 Å². The van der Waals surface area contributed by atoms with Crippen LogP contribution in [0.2, 0.25) is 0 Å². The Morgan fingerprint density at radius 3 is 2.80 bits per heavy atom. The number of anilines is 1. The Morgan fingerprint density at radius 2 is 2.08 bits per heavy atom. The van der Waals surface area contributed by atoms with Crippen LogP contribution in [0.5, 0.6) is 0 Å². The van der Waals surface area contributed by atoms with Crippen LogP contribution in [0.15, 0.2) is 36.9 Å². The Kier molecular flexibility index (Phi) is 3.48. The summed E-state index contributed by atoms with van der Waals surface area (Å²) in [5.41, 5.74) is 8.01. The van der Waals surface area contributed by atoms with Crippen LogP contribution < -0.4 is 10.6 Å². The van der Waals surface area contributed by atoms with Gasteiger partial charge in [-0.1, -0.05) is 0 Å². The molecule has 2 bridgehead atoms. The number of pyridine rings is 1. The van der Waals surface area contributed by atoms with Crippen LogP contribution in [0.3, 0.4) is 0 Å². The van der Waals surface area contributed by atoms with Gasteiger partial charge in [0.1, 0.15) is 17.7 Å². The number of nitrogens with two attached hydrogens (primary N) is 1. The minimum Gasteiger partial charge on any atom is -0.335 e. The van der Waals surface area contributed by atoms with Crippen molar-refractivity contribution in [1.82, 2.24) is 19.9 Å². The molecule has 0 aromatic carbocycles. The van der Waals surface area contributed by atoms with Gasteiger partial charge in [-0.05, 0) is 44.0 Å². The van der Waals surface area contributed by atoms with E-state index in [0.717, 1.165) is 30.2 Å². The maximum absolute atomic E-state index is 6.35. The minimum absolute atomic E-state index is 0.157. The first kappa shape index (κ1) is 15.2. The van der Waals surface area contributed by atoms with Crippen LogP contribution in [-0.4, -0.2) is 58.0 Å². The van der Waals surface area contributed by atoms with Crippen molar-refractivity contribution < 1.29 is 4.74 Å². The molecular formula is C18H22N6O. The molecule has 0 radical (unpaired) electrons. The third-order valence-corrected chi connectivity index (χ3v) is 5.83. The van der Waals surface area contributed by atoms with E-state index in [1.165, 1.54) is 25.9 Å². The fraction of sp³-hybridized carbons (Fsp3) is 0.500. The summed E-state index contributed by atoms with van der Waals surface area (Å²) in [5, 5.41) is 0. The third-order valence-electron chi connectivity index (χ3n) is 5.83. The van der Waals surface area contributed by atoms with Gasteiger partial charge in [-0.2, -0.15) is 0 Å². The Labute approximate surface area is 146 Å². The van der Waals surface area contributed by atoms with E-state index in [1.54, 1.807) is 18.7 Å². The molecule has 4 saturated heterocycles. The molecule has 1 spiro atoms. The van der Waals surface area contributed by atoms with E-state index in [-0.39, 0.29) is 5.60 Å². The zero-order valence-electron chi connectivity index (χ0n) is 14.1. The summed E-state index contributed by atoms with van der Waals surface area (Å²) in [6, 6.07) is 5.87. The standard InChI is InChI=1S/C18H22N6O/c19-17-24(11-18(25-17)10-23-6-3-14(18)4-7-23)16-8-15(21-12-22-16)13-2-1-5-20-9-13/h1-2,5,8-9,12,14,17H,3-4,6-7,10-11,19H2. The Bertz CT molecular complexity index is 763. The topological polar surface area (TPSA) is 80.4 Å². The number of fused-ring (bicyclic) bond motifs is 2. The molecule has 7 nitrogen and oxygen atoms in total. The van der Waals surface area contributed by atoms with Gasteiger partial charge in [0, 0.05) is 30.6 Å². The molecule has 4 fully saturated rings. The van der Waals surface area contributed by atoms with Gasteiger partial charge < -0.3 is 14.5 Å². The van der Waals surface area contributed by atoms with Crippen LogP contribution in [-0.2, 0) is 4.74 Å². The summed E-state index contributed by atoms with van der Waals surface area (Å²) < 4.78 is 6.33. The molecule has 0 amide bonds. The fourth-order valence-corrected chi connectivity index (χ4v) is 4.54. The number of ether oxygens (including phenoxy) is 1. The molecule has 7 heteroatoms. The SMILES string of the molecule is NC1OC2(CN3CCC2CC3)CN1c1cc(-c2cccnc2)ncn1. The summed E-state index contributed by atoms with van der Waals surface area (Å²) in [6.45, 7) is 4.13. The first-order valence-electron chi connectivity index (χ1n) is 8.88. The third kappa shape index (κ3) is 2.50. The van der Waals surface area contributed by atoms with E-state index in [0.29, 0.717) is 5.92 Å². The number of nitrogens with zero attached hydrogens (tertiary/aromatic N) is 5. The second-order valence-corrected chi connectivity index (χ2v) is 7.25. The molecule has 6 rings (SSSR count). The highest BCUT2D eigenvalue weighted by Gasteiger charge is 2.54. The number of hydrogen-bond acceptors (Lipinski definition) is 7. The van der Waals surface area contributed by atoms with Crippen molar-refractivity contribution in [3.63, 3.8) is 0 Å². The number of piperidine rings is 3. The Balaban J connectivity index is 1.44. The van der Waals surface area contributed by atoms with Crippen molar-refractivity contribution in [3.05, 3.63) is 36.9 Å². The van der Waals surface area contributed by atoms with E-state index in [9.17, 15) is 0 Å². The van der Waals surface area contributed by atoms with Gasteiger partial charge in [0.2, 0.25) is 0 Å². The molecule has 4 aliphatic rings. The van der Waals surface area contributed by atoms with Crippen LogP contribution in [0.1, 0.15) is 12.8 Å². The molecule has 130 valence electrons. The molecule has 0 saturated carbocycles. The molecule has 25 heavy (non-hydrogen) atoms. The van der Waals surface area contributed by atoms with Crippen molar-refractivity contribution in [2.75, 3.05) is 31.1 Å². The van der Waals surface area contributed by atoms with Crippen molar-refractivity contribution in [3.8, 4) is 11.3 Å². The Morgan fingerprint density at radius 1 is 1.20 bits per heavy atom. The highest BCUT2D eigenvalue weighted by atomic mass is 16.6. The van der Waals surface area contributed by atoms with Crippen molar-refractivity contribution >= 4 is 5.82 Å². The molecule has 2 aromatic heterocycles. The van der Waals surface area contributed by atoms with Crippen molar-refractivity contribution in [2.24, 2.45) is 11.7 Å². The summed E-state index contributed by atoms with van der Waals surface area (Å²) in [4.78, 5) is 17.6. The molecule has 4 aliphatic heterocycles. The van der Waals surface area contributed by atoms with Gasteiger partial charge in [-0.15, -0.1) is 0 Å². The van der Waals surface area contributed by atoms with E-state index in [4.69, 9.17) is 10.5 Å². The highest BCUT2D eigenvalue weighted by Crippen LogP contribution is 2.43. The number of aromatic nitrogens is 3. The van der Waals surface area contributed by atoms with Gasteiger partial charge in [-0.25, -0.2) is 9.97 Å². The first-order valence-corrected chi connectivity index (χ1v) is 8.88. The maximum Gasteiger partial charge on any atom is 0.186 e. The zero-order chi connectivity index (χ0) is 16.9. The normalized spacial score (nSPS) is 34.0. The molecule has 2 aromatic rings. The average Bonchev–Trinajstić information content (AvgIpc) is 2.99. The predicted octanol–water partition coefficient (Wildman–Crippen LogP) is 1.08. The van der Waals surface area contributed by atoms with E-state index in [2.05, 4.69) is 24.8 Å². The van der Waals surface area contributed by atoms with Crippen molar-refractivity contribution in [2.45, 2.75) is 24.8 Å². The van der Waals surface area contributed by atoms with E-state index in [1.807, 2.05) is 18.2 Å². The number of hydrogen-bond donors (Lipinski definition) is 1. The zero-order valence-corrected chi connectivity index (χ0v) is 14.1. The fourth-order valence-electron chi connectivity index (χ4n) is 4.54. The predicted molar refractivity (Wildman–Crippen MR) is 93.6 cm³/mol. The monoisotopic (exact) mass is 338 g/mol. The van der Waals surface area contributed by atoms with Crippen LogP contribution in [0, 0.1) is 5.92 Å². The lowest BCUT2D eigenvalue weighted by Gasteiger charge is -2.50. The molecule has 6 heterocycles. The van der Waals surface area contributed by atoms with Crippen LogP contribution in [0.25, 0.3) is 11.3 Å². The van der Waals surface area contributed by atoms with Gasteiger partial charge in [0.05, 0.1) is 12.2 Å². The molecule has 2 N–H and O–H groups in total. The summed E-state index contributed by atoms with van der Waals surface area (Å²) >= 11 is 0. The van der Waals surface area contributed by atoms with Gasteiger partial charge in [-0.3, -0.25) is 10.7 Å². The largest absolute Gasteiger partial charge is 0.335 e. The van der Waals surface area contributed by atoms with Gasteiger partial charge >= 0.3 is 0 Å². The quantitative estimate of drug-likeness (QED) is 0.877. The first-order chi connectivity index (χ1) is 12.2. The molecular weight excluding hydrogens is 316 g/mol. The van der Waals surface area contributed by atoms with Crippen LogP contribution >= 0.6 is 0 Å². The van der Waals surface area contributed by atoms with Gasteiger partial charge in [0.25, 0.3) is 0 Å². The van der Waals surface area contributed by atoms with Crippen LogP contribution in [0.4, 0.5) is 5.82 Å². The lowest BCUT2D eigenvalue weighted by molar-refractivity contribution is -0.137. The lowest BCUT2D eigenvalue weighted by atomic mass is 9.75.